The Balaban J connectivity index is 0.608. The third kappa shape index (κ3) is 12.7. The van der Waals surface area contributed by atoms with Gasteiger partial charge in [-0.05, 0) is 225 Å². The van der Waals surface area contributed by atoms with E-state index in [0.29, 0.717) is 133 Å². The van der Waals surface area contributed by atoms with Gasteiger partial charge in [0.1, 0.15) is 23.0 Å². The van der Waals surface area contributed by atoms with Crippen LogP contribution in [-0.2, 0) is 22.3 Å². The van der Waals surface area contributed by atoms with Crippen molar-refractivity contribution < 1.29 is 81.6 Å². The van der Waals surface area contributed by atoms with E-state index in [-0.39, 0.29) is 127 Å². The van der Waals surface area contributed by atoms with Crippen LogP contribution >= 0.6 is 0 Å². The van der Waals surface area contributed by atoms with Crippen LogP contribution in [0.25, 0.3) is 129 Å². The Labute approximate surface area is 726 Å². The number of esters is 2. The van der Waals surface area contributed by atoms with Crippen LogP contribution in [0.3, 0.4) is 0 Å². The number of ketones is 4. The number of Topliss-reactive ketones (excluding diaryl/α,β-unsaturated/α-hetero) is 4. The number of nitrogens with zero attached hydrogens (tertiary/aromatic N) is 3. The second kappa shape index (κ2) is 31.5. The zero-order valence-electron chi connectivity index (χ0n) is 70.7. The molecule has 0 bridgehead atoms. The van der Waals surface area contributed by atoms with Crippen LogP contribution in [0.5, 0.6) is 23.0 Å². The van der Waals surface area contributed by atoms with Crippen molar-refractivity contribution in [2.45, 2.75) is 112 Å². The number of unbranched alkanes of at least 4 members (excludes halogenated alkanes) is 6. The maximum absolute atomic E-state index is 15.1. The summed E-state index contributed by atoms with van der Waals surface area (Å²) >= 11 is 0. The molecular formula is C107H83N3O17. The van der Waals surface area contributed by atoms with Gasteiger partial charge in [-0.1, -0.05) is 156 Å². The zero-order valence-corrected chi connectivity index (χ0v) is 70.7. The predicted octanol–water partition coefficient (Wildman–Crippen LogP) is 22.4. The van der Waals surface area contributed by atoms with E-state index in [4.69, 9.17) is 18.9 Å². The Kier molecular flexibility index (Phi) is 20.0. The van der Waals surface area contributed by atoms with Gasteiger partial charge in [0.05, 0.1) is 29.9 Å². The monoisotopic (exact) mass is 1680 g/mol. The standard InChI is InChI=1S/C107H83N3O17/c1-7-9-11-13-50-124-106(122)80-42-33-71-69-31-39-77-93-78(40-32-70(90(69)93)72-34-43-81(95(80)91(71)72)107(123)125-51-14-12-10-8-2)104(120)110(103(77)119)48-45-59-18-22-61(23-19-59)127-85-53-83-94-79(100(116)108(105(83)121)46-15-49-111)41-36-74-96-84(52-82(57(6)115)87-64(56(5)114)26-35-73(98(87)96)97(85)99(74)94)126-60-20-16-58(17-21-60)44-47-109-101(117)75-37-29-67-65-27-24-62(54(3)112)86-63(55(4)113)25-28-66(88(65)86)68-30-38-76(102(109)118)92(75)89(67)68/h16-43,52-53,111H,7-15,44-51H2,1-6H3. The van der Waals surface area contributed by atoms with Crippen LogP contribution in [0.15, 0.2) is 182 Å². The smallest absolute Gasteiger partial charge is 0.338 e. The third-order valence-electron chi connectivity index (χ3n) is 26.2. The Morgan fingerprint density at radius 1 is 0.276 bits per heavy atom. The molecule has 17 aromatic rings. The van der Waals surface area contributed by atoms with Crippen LogP contribution in [0.4, 0.5) is 0 Å². The minimum Gasteiger partial charge on any atom is -0.462 e. The van der Waals surface area contributed by atoms with Crippen molar-refractivity contribution in [3.8, 4) is 23.0 Å². The van der Waals surface area contributed by atoms with E-state index in [2.05, 4.69) is 13.8 Å². The fourth-order valence-corrected chi connectivity index (χ4v) is 20.2. The van der Waals surface area contributed by atoms with Crippen LogP contribution in [-0.4, -0.2) is 130 Å². The van der Waals surface area contributed by atoms with Gasteiger partial charge in [-0.25, -0.2) is 9.59 Å². The summed E-state index contributed by atoms with van der Waals surface area (Å²) in [7, 11) is 0. The van der Waals surface area contributed by atoms with Gasteiger partial charge in [-0.2, -0.15) is 0 Å². The van der Waals surface area contributed by atoms with E-state index in [1.54, 1.807) is 109 Å². The van der Waals surface area contributed by atoms with E-state index < -0.39 is 47.4 Å². The van der Waals surface area contributed by atoms with E-state index in [0.717, 1.165) is 108 Å². The maximum atomic E-state index is 15.1. The first kappa shape index (κ1) is 80.6. The molecule has 1 N–H and O–H groups in total. The zero-order chi connectivity index (χ0) is 88.0. The molecule has 0 aromatic heterocycles. The molecule has 0 aliphatic carbocycles. The molecule has 0 saturated carbocycles. The molecule has 0 unspecified atom stereocenters. The van der Waals surface area contributed by atoms with Gasteiger partial charge < -0.3 is 24.1 Å². The molecule has 0 fully saturated rings. The molecule has 20 nitrogen and oxygen atoms in total. The van der Waals surface area contributed by atoms with Crippen LogP contribution < -0.4 is 9.47 Å². The van der Waals surface area contributed by atoms with Crippen molar-refractivity contribution >= 4 is 200 Å². The lowest BCUT2D eigenvalue weighted by molar-refractivity contribution is 0.0495. The van der Waals surface area contributed by atoms with Crippen LogP contribution in [0.1, 0.15) is 235 Å². The normalized spacial score (nSPS) is 13.5. The Morgan fingerprint density at radius 3 is 0.945 bits per heavy atom. The Bertz CT molecular complexity index is 7540. The number of benzene rings is 17. The first-order chi connectivity index (χ1) is 61.6. The molecule has 20 heteroatoms. The fraction of sp³-hybridized carbons (Fsp3) is 0.215. The SMILES string of the molecule is CCCCCCOC(=O)c1ccc2c3ccc4c5c(ccc(c6ccc(C(=O)OCCCCCC)c1c26)c53)C(=O)N(CCc1ccc(Oc2cc3c5c(ccc6c7c(Oc8ccc(CCN9C(=O)c%10ccc%11c%12ccc(C(C)=O)c%13c(C(C)=O)ccc(c%14ccc(c%10c%11%14)C9=O)c%13%12)cc8)cc(C(C)=O)c8c(C(C)=O)ccc(c2c56)c87)C(=O)N(CCCO)C3=O)cc1)C4=O. The summed E-state index contributed by atoms with van der Waals surface area (Å²) < 4.78 is 25.7. The molecular weight excluding hydrogens is 1600 g/mol. The topological polar surface area (TPSA) is 272 Å². The molecule has 3 heterocycles. The summed E-state index contributed by atoms with van der Waals surface area (Å²) in [6.07, 6.45) is 7.89. The van der Waals surface area contributed by atoms with Crippen molar-refractivity contribution in [1.29, 1.82) is 0 Å². The summed E-state index contributed by atoms with van der Waals surface area (Å²) in [5.74, 6) is -4.19. The van der Waals surface area contributed by atoms with Crippen molar-refractivity contribution in [1.82, 2.24) is 14.7 Å². The molecule has 0 spiro atoms. The Morgan fingerprint density at radius 2 is 0.575 bits per heavy atom. The van der Waals surface area contributed by atoms with Gasteiger partial charge in [-0.3, -0.25) is 62.6 Å². The first-order valence-corrected chi connectivity index (χ1v) is 43.4. The molecule has 20 rings (SSSR count). The average Bonchev–Trinajstić information content (AvgIpc) is 0.692. The van der Waals surface area contributed by atoms with E-state index in [1.165, 1.54) is 37.5 Å². The molecule has 3 aliphatic rings. The lowest BCUT2D eigenvalue weighted by Gasteiger charge is -2.29. The van der Waals surface area contributed by atoms with Crippen molar-refractivity contribution in [3.63, 3.8) is 0 Å². The lowest BCUT2D eigenvalue weighted by atomic mass is 9.81. The Hall–Kier alpha value is -14.8. The molecule has 0 saturated heterocycles. The molecule has 628 valence electrons. The number of carbonyl (C=O) groups is 12. The quantitative estimate of drug-likeness (QED) is 0.0114. The number of hydrogen-bond donors (Lipinski definition) is 1. The average molecular weight is 1680 g/mol. The number of fused-ring (bicyclic) bond motifs is 6. The van der Waals surface area contributed by atoms with Gasteiger partial charge in [0.25, 0.3) is 35.4 Å². The number of carbonyl (C=O) groups excluding carboxylic acids is 12. The first-order valence-electron chi connectivity index (χ1n) is 43.4. The molecule has 0 radical (unpaired) electrons. The number of hydrogen-bond acceptors (Lipinski definition) is 17. The molecule has 17 aromatic carbocycles. The van der Waals surface area contributed by atoms with Gasteiger partial charge >= 0.3 is 11.9 Å². The van der Waals surface area contributed by atoms with Gasteiger partial charge in [0.2, 0.25) is 0 Å². The lowest BCUT2D eigenvalue weighted by Crippen LogP contribution is -2.41. The maximum Gasteiger partial charge on any atom is 0.338 e. The molecule has 3 aliphatic heterocycles. The summed E-state index contributed by atoms with van der Waals surface area (Å²) in [6.45, 7) is 10.1. The molecule has 127 heavy (non-hydrogen) atoms. The highest BCUT2D eigenvalue weighted by Gasteiger charge is 2.40. The minimum absolute atomic E-state index is 0.000501. The van der Waals surface area contributed by atoms with Crippen LogP contribution in [0, 0.1) is 0 Å². The summed E-state index contributed by atoms with van der Waals surface area (Å²) in [4.78, 5) is 176. The number of amides is 6. The number of aliphatic hydroxyl groups is 1. The van der Waals surface area contributed by atoms with Gasteiger partial charge in [0.15, 0.2) is 23.1 Å². The molecule has 6 amide bonds. The fourth-order valence-electron chi connectivity index (χ4n) is 20.2. The largest absolute Gasteiger partial charge is 0.462 e. The summed E-state index contributed by atoms with van der Waals surface area (Å²) in [6, 6.07) is 53.0. The van der Waals surface area contributed by atoms with Gasteiger partial charge in [-0.15, -0.1) is 0 Å². The van der Waals surface area contributed by atoms with E-state index in [9.17, 15) is 57.8 Å². The second-order valence-corrected chi connectivity index (χ2v) is 33.7. The van der Waals surface area contributed by atoms with E-state index >= 15 is 4.79 Å². The molecule has 0 atom stereocenters. The van der Waals surface area contributed by atoms with Crippen molar-refractivity contribution in [2.75, 3.05) is 39.5 Å². The number of rotatable bonds is 29. The van der Waals surface area contributed by atoms with Crippen LogP contribution in [0.2, 0.25) is 0 Å². The predicted molar refractivity (Wildman–Crippen MR) is 490 cm³/mol. The highest BCUT2D eigenvalue weighted by molar-refractivity contribution is 6.45. The summed E-state index contributed by atoms with van der Waals surface area (Å²) in [5, 5.41) is 24.4. The summed E-state index contributed by atoms with van der Waals surface area (Å²) in [5.41, 5.74) is 5.02. The van der Waals surface area contributed by atoms with Crippen molar-refractivity contribution in [2.24, 2.45) is 0 Å². The highest BCUT2D eigenvalue weighted by Crippen LogP contribution is 2.54. The highest BCUT2D eigenvalue weighted by atomic mass is 16.5. The second-order valence-electron chi connectivity index (χ2n) is 33.7. The third-order valence-corrected chi connectivity index (χ3v) is 26.2. The van der Waals surface area contributed by atoms with E-state index in [1.807, 2.05) is 72.8 Å². The number of aliphatic hydroxyl groups excluding tert-OH is 1. The van der Waals surface area contributed by atoms with Crippen molar-refractivity contribution in [3.05, 3.63) is 260 Å². The number of imide groups is 3. The minimum atomic E-state index is -0.625. The van der Waals surface area contributed by atoms with Gasteiger partial charge in [0, 0.05) is 130 Å². The number of ether oxygens (including phenoxy) is 4.